The standard InChI is InChI=1S/C14H24N4/c1-9(2)11-7-17-5-6-18-8-12(10(3)4)16-14(18)13(17)15-11/h9-12H,5-8H2,1-4H3/t11-,12-/m1/s1. The minimum Gasteiger partial charge on any atom is -0.350 e. The predicted molar refractivity (Wildman–Crippen MR) is 75.3 cm³/mol. The third-order valence-corrected chi connectivity index (χ3v) is 4.37. The number of amidine groups is 2. The Morgan fingerprint density at radius 3 is 1.56 bits per heavy atom. The summed E-state index contributed by atoms with van der Waals surface area (Å²) in [5.74, 6) is 3.59. The van der Waals surface area contributed by atoms with E-state index in [1.54, 1.807) is 0 Å². The maximum absolute atomic E-state index is 4.92. The molecule has 2 atom stereocenters. The number of hydrogen-bond acceptors (Lipinski definition) is 4. The van der Waals surface area contributed by atoms with Gasteiger partial charge in [-0.25, -0.2) is 0 Å². The van der Waals surface area contributed by atoms with Crippen LogP contribution in [-0.4, -0.2) is 59.7 Å². The molecule has 0 spiro atoms. The van der Waals surface area contributed by atoms with Crippen molar-refractivity contribution in [3.8, 4) is 0 Å². The first-order valence-electron chi connectivity index (χ1n) is 7.22. The van der Waals surface area contributed by atoms with Crippen molar-refractivity contribution in [1.82, 2.24) is 9.80 Å². The van der Waals surface area contributed by atoms with E-state index < -0.39 is 0 Å². The Bertz CT molecular complexity index is 359. The van der Waals surface area contributed by atoms with Crippen LogP contribution in [0.1, 0.15) is 27.7 Å². The molecule has 1 fully saturated rings. The second-order valence-corrected chi connectivity index (χ2v) is 6.42. The Kier molecular flexibility index (Phi) is 2.83. The van der Waals surface area contributed by atoms with E-state index in [1.165, 1.54) is 11.7 Å². The molecule has 4 nitrogen and oxygen atoms in total. The van der Waals surface area contributed by atoms with E-state index in [0.29, 0.717) is 23.9 Å². The van der Waals surface area contributed by atoms with Gasteiger partial charge in [0.1, 0.15) is 0 Å². The number of rotatable bonds is 2. The molecular weight excluding hydrogens is 224 g/mol. The SMILES string of the molecule is CC(C)[C@H]1CN2CCN3C[C@H](C(C)C)N=C3C2=N1. The van der Waals surface area contributed by atoms with Crippen LogP contribution in [0.5, 0.6) is 0 Å². The largest absolute Gasteiger partial charge is 0.350 e. The molecule has 100 valence electrons. The molecule has 3 heterocycles. The maximum Gasteiger partial charge on any atom is 0.167 e. The fourth-order valence-corrected chi connectivity index (χ4v) is 2.94. The Morgan fingerprint density at radius 2 is 1.22 bits per heavy atom. The van der Waals surface area contributed by atoms with Gasteiger partial charge in [0.25, 0.3) is 0 Å². The van der Waals surface area contributed by atoms with Crippen molar-refractivity contribution < 1.29 is 0 Å². The smallest absolute Gasteiger partial charge is 0.167 e. The van der Waals surface area contributed by atoms with Crippen LogP contribution < -0.4 is 0 Å². The van der Waals surface area contributed by atoms with E-state index in [1.807, 2.05) is 0 Å². The lowest BCUT2D eigenvalue weighted by molar-refractivity contribution is 0.309. The molecule has 3 aliphatic rings. The molecule has 0 N–H and O–H groups in total. The summed E-state index contributed by atoms with van der Waals surface area (Å²) in [6.45, 7) is 13.5. The number of nitrogens with zero attached hydrogens (tertiary/aromatic N) is 4. The van der Waals surface area contributed by atoms with Gasteiger partial charge in [-0.05, 0) is 11.8 Å². The minimum absolute atomic E-state index is 0.459. The molecule has 0 radical (unpaired) electrons. The van der Waals surface area contributed by atoms with E-state index in [0.717, 1.165) is 26.2 Å². The van der Waals surface area contributed by atoms with Crippen LogP contribution in [0.2, 0.25) is 0 Å². The molecule has 18 heavy (non-hydrogen) atoms. The summed E-state index contributed by atoms with van der Waals surface area (Å²) in [5.41, 5.74) is 0. The highest BCUT2D eigenvalue weighted by Crippen LogP contribution is 2.25. The van der Waals surface area contributed by atoms with Gasteiger partial charge in [-0.1, -0.05) is 27.7 Å². The van der Waals surface area contributed by atoms with E-state index in [2.05, 4.69) is 37.5 Å². The number of fused-ring (bicyclic) bond motifs is 3. The van der Waals surface area contributed by atoms with Gasteiger partial charge in [0, 0.05) is 26.2 Å². The highest BCUT2D eigenvalue weighted by molar-refractivity contribution is 6.41. The van der Waals surface area contributed by atoms with E-state index in [9.17, 15) is 0 Å². The molecule has 3 aliphatic heterocycles. The molecule has 0 saturated carbocycles. The lowest BCUT2D eigenvalue weighted by atomic mass is 10.1. The summed E-state index contributed by atoms with van der Waals surface area (Å²) < 4.78 is 0. The zero-order valence-corrected chi connectivity index (χ0v) is 11.9. The van der Waals surface area contributed by atoms with E-state index in [4.69, 9.17) is 9.98 Å². The third-order valence-electron chi connectivity index (χ3n) is 4.37. The first-order valence-corrected chi connectivity index (χ1v) is 7.22. The van der Waals surface area contributed by atoms with Crippen LogP contribution in [0.25, 0.3) is 0 Å². The Hall–Kier alpha value is -1.06. The second kappa shape index (κ2) is 4.25. The number of piperazine rings is 1. The van der Waals surface area contributed by atoms with Crippen LogP contribution in [-0.2, 0) is 0 Å². The Balaban J connectivity index is 1.87. The zero-order chi connectivity index (χ0) is 12.9. The van der Waals surface area contributed by atoms with Gasteiger partial charge in [-0.15, -0.1) is 0 Å². The van der Waals surface area contributed by atoms with Crippen molar-refractivity contribution in [3.05, 3.63) is 0 Å². The average molecular weight is 248 g/mol. The fourth-order valence-electron chi connectivity index (χ4n) is 2.94. The van der Waals surface area contributed by atoms with Crippen LogP contribution in [0.4, 0.5) is 0 Å². The lowest BCUT2D eigenvalue weighted by Crippen LogP contribution is -2.51. The summed E-state index contributed by atoms with van der Waals surface area (Å²) in [6.07, 6.45) is 0. The molecular formula is C14H24N4. The maximum atomic E-state index is 4.92. The Morgan fingerprint density at radius 1 is 0.833 bits per heavy atom. The predicted octanol–water partition coefficient (Wildman–Crippen LogP) is 1.48. The molecule has 0 aromatic carbocycles. The lowest BCUT2D eigenvalue weighted by Gasteiger charge is -2.33. The first-order chi connectivity index (χ1) is 8.56. The topological polar surface area (TPSA) is 31.2 Å². The van der Waals surface area contributed by atoms with Crippen molar-refractivity contribution in [3.63, 3.8) is 0 Å². The molecule has 0 amide bonds. The second-order valence-electron chi connectivity index (χ2n) is 6.42. The van der Waals surface area contributed by atoms with Crippen molar-refractivity contribution in [2.24, 2.45) is 21.8 Å². The van der Waals surface area contributed by atoms with Crippen LogP contribution >= 0.6 is 0 Å². The van der Waals surface area contributed by atoms with Crippen LogP contribution in [0, 0.1) is 11.8 Å². The average Bonchev–Trinajstić information content (AvgIpc) is 2.91. The Labute approximate surface area is 110 Å². The summed E-state index contributed by atoms with van der Waals surface area (Å²) in [6, 6.07) is 0.918. The monoisotopic (exact) mass is 248 g/mol. The molecule has 0 aliphatic carbocycles. The third kappa shape index (κ3) is 1.82. The summed E-state index contributed by atoms with van der Waals surface area (Å²) in [5, 5.41) is 0. The van der Waals surface area contributed by atoms with Gasteiger partial charge in [0.05, 0.1) is 12.1 Å². The van der Waals surface area contributed by atoms with E-state index >= 15 is 0 Å². The zero-order valence-electron chi connectivity index (χ0n) is 11.9. The molecule has 0 aromatic heterocycles. The summed E-state index contributed by atoms with van der Waals surface area (Å²) in [4.78, 5) is 14.7. The first kappa shape index (κ1) is 12.0. The molecule has 0 bridgehead atoms. The summed E-state index contributed by atoms with van der Waals surface area (Å²) >= 11 is 0. The van der Waals surface area contributed by atoms with Crippen LogP contribution in [0.3, 0.4) is 0 Å². The quantitative estimate of drug-likeness (QED) is 0.741. The fraction of sp³-hybridized carbons (Fsp3) is 0.857. The van der Waals surface area contributed by atoms with Crippen molar-refractivity contribution >= 4 is 11.7 Å². The van der Waals surface area contributed by atoms with Gasteiger partial charge < -0.3 is 9.80 Å². The van der Waals surface area contributed by atoms with Gasteiger partial charge >= 0.3 is 0 Å². The number of aliphatic imine (C=N–C) groups is 2. The molecule has 4 heteroatoms. The number of hydrogen-bond donors (Lipinski definition) is 0. The van der Waals surface area contributed by atoms with Crippen molar-refractivity contribution in [2.75, 3.05) is 26.2 Å². The van der Waals surface area contributed by atoms with Gasteiger partial charge in [-0.2, -0.15) is 0 Å². The summed E-state index contributed by atoms with van der Waals surface area (Å²) in [7, 11) is 0. The van der Waals surface area contributed by atoms with Crippen molar-refractivity contribution in [2.45, 2.75) is 39.8 Å². The highest BCUT2D eigenvalue weighted by atomic mass is 15.4. The van der Waals surface area contributed by atoms with Gasteiger partial charge in [0.15, 0.2) is 11.7 Å². The molecule has 0 aromatic rings. The molecule has 0 unspecified atom stereocenters. The molecule has 1 saturated heterocycles. The molecule has 3 rings (SSSR count). The van der Waals surface area contributed by atoms with Gasteiger partial charge in [0.2, 0.25) is 0 Å². The highest BCUT2D eigenvalue weighted by Gasteiger charge is 2.39. The minimum atomic E-state index is 0.459. The van der Waals surface area contributed by atoms with Crippen LogP contribution in [0.15, 0.2) is 9.98 Å². The normalized spacial score (nSPS) is 30.8. The van der Waals surface area contributed by atoms with Crippen molar-refractivity contribution in [1.29, 1.82) is 0 Å². The van der Waals surface area contributed by atoms with E-state index in [-0.39, 0.29) is 0 Å². The van der Waals surface area contributed by atoms with Gasteiger partial charge in [-0.3, -0.25) is 9.98 Å².